The number of anilines is 1. The van der Waals surface area contributed by atoms with E-state index in [0.717, 1.165) is 12.8 Å². The average molecular weight is 357 g/mol. The minimum absolute atomic E-state index is 0.0835. The molecule has 0 unspecified atom stereocenters. The molecule has 26 heavy (non-hydrogen) atoms. The van der Waals surface area contributed by atoms with Gasteiger partial charge in [0, 0.05) is 17.9 Å². The maximum atomic E-state index is 12.9. The molecule has 0 bridgehead atoms. The quantitative estimate of drug-likeness (QED) is 0.831. The van der Waals surface area contributed by atoms with Crippen LogP contribution in [0, 0.1) is 11.7 Å². The van der Waals surface area contributed by atoms with E-state index in [1.165, 1.54) is 41.1 Å². The molecule has 2 aromatic rings. The van der Waals surface area contributed by atoms with E-state index in [-0.39, 0.29) is 24.1 Å². The van der Waals surface area contributed by atoms with Crippen LogP contribution in [-0.2, 0) is 11.3 Å². The van der Waals surface area contributed by atoms with Crippen molar-refractivity contribution in [3.8, 4) is 0 Å². The van der Waals surface area contributed by atoms with Gasteiger partial charge in [0.1, 0.15) is 17.9 Å². The van der Waals surface area contributed by atoms with Gasteiger partial charge in [-0.2, -0.15) is 0 Å². The maximum absolute atomic E-state index is 12.9. The second kappa shape index (κ2) is 7.51. The molecule has 1 atom stereocenters. The SMILES string of the molecule is C[C@H](NC(=O)Cn1cccc(C(=O)Nc2ccc(F)cc2)c1=O)C1CC1. The summed E-state index contributed by atoms with van der Waals surface area (Å²) in [6, 6.07) is 8.25. The Morgan fingerprint density at radius 3 is 2.58 bits per heavy atom. The standard InChI is InChI=1S/C19H20FN3O3/c1-12(13-4-5-13)21-17(24)11-23-10-2-3-16(19(23)26)18(25)22-15-8-6-14(20)7-9-15/h2-3,6-10,12-13H,4-5,11H2,1H3,(H,21,24)(H,22,25)/t12-/m0/s1. The van der Waals surface area contributed by atoms with Gasteiger partial charge in [-0.1, -0.05) is 0 Å². The van der Waals surface area contributed by atoms with Crippen molar-refractivity contribution in [3.63, 3.8) is 0 Å². The largest absolute Gasteiger partial charge is 0.352 e. The van der Waals surface area contributed by atoms with Crippen LogP contribution in [0.15, 0.2) is 47.4 Å². The molecule has 0 aliphatic heterocycles. The summed E-state index contributed by atoms with van der Waals surface area (Å²) in [5.41, 5.74) is -0.261. The summed E-state index contributed by atoms with van der Waals surface area (Å²) in [5.74, 6) is -0.773. The second-order valence-electron chi connectivity index (χ2n) is 6.51. The van der Waals surface area contributed by atoms with Crippen molar-refractivity contribution in [3.05, 3.63) is 64.3 Å². The van der Waals surface area contributed by atoms with Crippen molar-refractivity contribution < 1.29 is 14.0 Å². The molecule has 2 amide bonds. The van der Waals surface area contributed by atoms with Crippen LogP contribution in [0.1, 0.15) is 30.1 Å². The lowest BCUT2D eigenvalue weighted by atomic mass is 10.2. The van der Waals surface area contributed by atoms with Crippen LogP contribution < -0.4 is 16.2 Å². The molecule has 6 nitrogen and oxygen atoms in total. The maximum Gasteiger partial charge on any atom is 0.263 e. The van der Waals surface area contributed by atoms with Gasteiger partial charge in [0.15, 0.2) is 0 Å². The summed E-state index contributed by atoms with van der Waals surface area (Å²) in [6.07, 6.45) is 3.69. The van der Waals surface area contributed by atoms with E-state index in [0.29, 0.717) is 11.6 Å². The van der Waals surface area contributed by atoms with Crippen LogP contribution in [-0.4, -0.2) is 22.4 Å². The molecule has 136 valence electrons. The lowest BCUT2D eigenvalue weighted by Gasteiger charge is -2.14. The highest BCUT2D eigenvalue weighted by atomic mass is 19.1. The van der Waals surface area contributed by atoms with Crippen LogP contribution >= 0.6 is 0 Å². The van der Waals surface area contributed by atoms with Gasteiger partial charge in [0.05, 0.1) is 0 Å². The Morgan fingerprint density at radius 1 is 1.23 bits per heavy atom. The van der Waals surface area contributed by atoms with Crippen molar-refractivity contribution in [1.29, 1.82) is 0 Å². The number of nitrogens with zero attached hydrogens (tertiary/aromatic N) is 1. The zero-order valence-electron chi connectivity index (χ0n) is 14.4. The number of nitrogens with one attached hydrogen (secondary N) is 2. The smallest absolute Gasteiger partial charge is 0.263 e. The first-order valence-corrected chi connectivity index (χ1v) is 8.50. The van der Waals surface area contributed by atoms with Crippen molar-refractivity contribution >= 4 is 17.5 Å². The van der Waals surface area contributed by atoms with Crippen molar-refractivity contribution in [2.75, 3.05) is 5.32 Å². The summed E-state index contributed by atoms with van der Waals surface area (Å²) >= 11 is 0. The van der Waals surface area contributed by atoms with E-state index >= 15 is 0 Å². The van der Waals surface area contributed by atoms with E-state index in [2.05, 4.69) is 10.6 Å². The number of hydrogen-bond acceptors (Lipinski definition) is 3. The van der Waals surface area contributed by atoms with E-state index in [4.69, 9.17) is 0 Å². The Morgan fingerprint density at radius 2 is 1.92 bits per heavy atom. The number of carbonyl (C=O) groups is 2. The number of pyridine rings is 1. The normalized spacial score (nSPS) is 14.5. The second-order valence-corrected chi connectivity index (χ2v) is 6.51. The highest BCUT2D eigenvalue weighted by molar-refractivity contribution is 6.04. The Hall–Kier alpha value is -2.96. The average Bonchev–Trinajstić information content (AvgIpc) is 3.44. The highest BCUT2D eigenvalue weighted by Crippen LogP contribution is 2.32. The number of aromatic nitrogens is 1. The third kappa shape index (κ3) is 4.36. The van der Waals surface area contributed by atoms with Crippen LogP contribution in [0.2, 0.25) is 0 Å². The summed E-state index contributed by atoms with van der Waals surface area (Å²) in [6.45, 7) is 1.80. The number of rotatable bonds is 6. The molecule has 1 aromatic carbocycles. The molecular formula is C19H20FN3O3. The molecule has 2 N–H and O–H groups in total. The molecule has 0 spiro atoms. The van der Waals surface area contributed by atoms with Crippen molar-refractivity contribution in [2.24, 2.45) is 5.92 Å². The van der Waals surface area contributed by atoms with Gasteiger partial charge >= 0.3 is 0 Å². The van der Waals surface area contributed by atoms with Crippen LogP contribution in [0.4, 0.5) is 10.1 Å². The Kier molecular flexibility index (Phi) is 5.16. The topological polar surface area (TPSA) is 80.2 Å². The van der Waals surface area contributed by atoms with Crippen LogP contribution in [0.3, 0.4) is 0 Å². The zero-order valence-corrected chi connectivity index (χ0v) is 14.4. The summed E-state index contributed by atoms with van der Waals surface area (Å²) in [4.78, 5) is 36.9. The van der Waals surface area contributed by atoms with E-state index in [9.17, 15) is 18.8 Å². The summed E-state index contributed by atoms with van der Waals surface area (Å²) in [7, 11) is 0. The van der Waals surface area contributed by atoms with Gasteiger partial charge in [-0.15, -0.1) is 0 Å². The molecule has 1 aliphatic rings. The van der Waals surface area contributed by atoms with Crippen LogP contribution in [0.25, 0.3) is 0 Å². The fraction of sp³-hybridized carbons (Fsp3) is 0.316. The van der Waals surface area contributed by atoms with E-state index in [1.54, 1.807) is 6.07 Å². The van der Waals surface area contributed by atoms with Crippen LogP contribution in [0.5, 0.6) is 0 Å². The number of carbonyl (C=O) groups excluding carboxylic acids is 2. The molecule has 1 saturated carbocycles. The molecule has 0 saturated heterocycles. The lowest BCUT2D eigenvalue weighted by Crippen LogP contribution is -2.39. The fourth-order valence-electron chi connectivity index (χ4n) is 2.73. The van der Waals surface area contributed by atoms with Gasteiger partial charge in [-0.25, -0.2) is 4.39 Å². The number of amides is 2. The van der Waals surface area contributed by atoms with E-state index in [1.807, 2.05) is 6.92 Å². The van der Waals surface area contributed by atoms with E-state index < -0.39 is 17.3 Å². The number of hydrogen-bond donors (Lipinski definition) is 2. The summed E-state index contributed by atoms with van der Waals surface area (Å²) in [5, 5.41) is 5.42. The summed E-state index contributed by atoms with van der Waals surface area (Å²) < 4.78 is 14.1. The Bertz CT molecular complexity index is 872. The molecule has 3 rings (SSSR count). The number of halogens is 1. The molecule has 1 aromatic heterocycles. The van der Waals surface area contributed by atoms with Gasteiger partial charge in [-0.05, 0) is 62.1 Å². The molecular weight excluding hydrogens is 337 g/mol. The molecule has 1 heterocycles. The fourth-order valence-corrected chi connectivity index (χ4v) is 2.73. The predicted molar refractivity (Wildman–Crippen MR) is 95.4 cm³/mol. The first-order valence-electron chi connectivity index (χ1n) is 8.50. The highest BCUT2D eigenvalue weighted by Gasteiger charge is 2.28. The van der Waals surface area contributed by atoms with Crippen molar-refractivity contribution in [2.45, 2.75) is 32.4 Å². The zero-order chi connectivity index (χ0) is 18.7. The Labute approximate surface area is 150 Å². The van der Waals surface area contributed by atoms with Crippen molar-refractivity contribution in [1.82, 2.24) is 9.88 Å². The molecule has 0 radical (unpaired) electrons. The minimum atomic E-state index is -0.609. The first-order chi connectivity index (χ1) is 12.4. The van der Waals surface area contributed by atoms with Gasteiger partial charge in [-0.3, -0.25) is 14.4 Å². The number of benzene rings is 1. The third-order valence-electron chi connectivity index (χ3n) is 4.40. The minimum Gasteiger partial charge on any atom is -0.352 e. The Balaban J connectivity index is 1.69. The monoisotopic (exact) mass is 357 g/mol. The van der Waals surface area contributed by atoms with Gasteiger partial charge in [0.25, 0.3) is 11.5 Å². The molecule has 1 aliphatic carbocycles. The first kappa shape index (κ1) is 17.8. The van der Waals surface area contributed by atoms with Gasteiger partial charge in [0.2, 0.25) is 5.91 Å². The third-order valence-corrected chi connectivity index (χ3v) is 4.40. The predicted octanol–water partition coefficient (Wildman–Crippen LogP) is 2.15. The van der Waals surface area contributed by atoms with Gasteiger partial charge < -0.3 is 15.2 Å². The lowest BCUT2D eigenvalue weighted by molar-refractivity contribution is -0.122. The molecule has 7 heteroatoms. The molecule has 1 fully saturated rings.